The van der Waals surface area contributed by atoms with Crippen LogP contribution in [0.15, 0.2) is 48.8 Å². The van der Waals surface area contributed by atoms with Crippen LogP contribution in [0.5, 0.6) is 0 Å². The molecular weight excluding hydrogens is 326 g/mol. The van der Waals surface area contributed by atoms with E-state index >= 15 is 0 Å². The second-order valence-electron chi connectivity index (χ2n) is 6.99. The Morgan fingerprint density at radius 3 is 2.50 bits per heavy atom. The Kier molecular flexibility index (Phi) is 6.23. The van der Waals surface area contributed by atoms with Gasteiger partial charge in [0.2, 0.25) is 5.91 Å². The highest BCUT2D eigenvalue weighted by Crippen LogP contribution is 2.18. The minimum absolute atomic E-state index is 0.202. The van der Waals surface area contributed by atoms with E-state index in [4.69, 9.17) is 4.74 Å². The molecule has 1 fully saturated rings. The predicted octanol–water partition coefficient (Wildman–Crippen LogP) is 2.90. The van der Waals surface area contributed by atoms with Gasteiger partial charge in [-0.3, -0.25) is 9.78 Å². The van der Waals surface area contributed by atoms with Crippen molar-refractivity contribution in [1.82, 2.24) is 9.88 Å². The predicted molar refractivity (Wildman–Crippen MR) is 103 cm³/mol. The smallest absolute Gasteiger partial charge is 0.226 e. The summed E-state index contributed by atoms with van der Waals surface area (Å²) >= 11 is 0. The third-order valence-corrected chi connectivity index (χ3v) is 4.81. The Balaban J connectivity index is 1.43. The van der Waals surface area contributed by atoms with Crippen LogP contribution in [-0.2, 0) is 22.6 Å². The van der Waals surface area contributed by atoms with Gasteiger partial charge in [0.25, 0.3) is 0 Å². The Morgan fingerprint density at radius 2 is 1.88 bits per heavy atom. The number of pyridine rings is 1. The molecule has 5 heteroatoms. The number of likely N-dealkylation sites (tertiary alicyclic amines) is 1. The first kappa shape index (κ1) is 18.4. The number of aromatic nitrogens is 1. The molecule has 3 rings (SSSR count). The zero-order valence-electron chi connectivity index (χ0n) is 15.6. The molecule has 2 heterocycles. The summed E-state index contributed by atoms with van der Waals surface area (Å²) in [5.74, 6) is 0.202. The lowest BCUT2D eigenvalue weighted by atomic mass is 10.1. The molecule has 26 heavy (non-hydrogen) atoms. The van der Waals surface area contributed by atoms with Gasteiger partial charge in [0.05, 0.1) is 19.1 Å². The number of carbonyl (C=O) groups is 1. The number of benzene rings is 1. The molecule has 1 amide bonds. The quantitative estimate of drug-likeness (QED) is 0.801. The number of carbonyl (C=O) groups excluding carboxylic acids is 1. The molecule has 0 atom stereocenters. The molecule has 0 bridgehead atoms. The van der Waals surface area contributed by atoms with Crippen molar-refractivity contribution in [2.24, 2.45) is 0 Å². The summed E-state index contributed by atoms with van der Waals surface area (Å²) in [5, 5.41) is 0. The van der Waals surface area contributed by atoms with E-state index in [-0.39, 0.29) is 12.0 Å². The highest BCUT2D eigenvalue weighted by Gasteiger charge is 2.23. The zero-order chi connectivity index (χ0) is 18.4. The van der Waals surface area contributed by atoms with Crippen LogP contribution in [0.25, 0.3) is 0 Å². The molecule has 1 aromatic heterocycles. The average Bonchev–Trinajstić information content (AvgIpc) is 2.68. The van der Waals surface area contributed by atoms with Crippen molar-refractivity contribution in [3.63, 3.8) is 0 Å². The Hall–Kier alpha value is -2.40. The minimum atomic E-state index is 0.202. The highest BCUT2D eigenvalue weighted by molar-refractivity contribution is 5.79. The second kappa shape index (κ2) is 8.81. The van der Waals surface area contributed by atoms with Gasteiger partial charge >= 0.3 is 0 Å². The number of hydrogen-bond acceptors (Lipinski definition) is 4. The Bertz CT molecular complexity index is 693. The molecule has 0 radical (unpaired) electrons. The van der Waals surface area contributed by atoms with Crippen molar-refractivity contribution in [2.75, 3.05) is 32.1 Å². The monoisotopic (exact) mass is 353 g/mol. The first-order valence-corrected chi connectivity index (χ1v) is 9.16. The number of rotatable bonds is 6. The van der Waals surface area contributed by atoms with Gasteiger partial charge in [-0.25, -0.2) is 0 Å². The zero-order valence-corrected chi connectivity index (χ0v) is 15.6. The fourth-order valence-corrected chi connectivity index (χ4v) is 3.17. The molecule has 5 nitrogen and oxygen atoms in total. The van der Waals surface area contributed by atoms with Crippen LogP contribution >= 0.6 is 0 Å². The molecule has 0 unspecified atom stereocenters. The van der Waals surface area contributed by atoms with Crippen molar-refractivity contribution < 1.29 is 9.53 Å². The van der Waals surface area contributed by atoms with Crippen LogP contribution in [0.4, 0.5) is 5.69 Å². The summed E-state index contributed by atoms with van der Waals surface area (Å²) in [6, 6.07) is 12.1. The van der Waals surface area contributed by atoms with E-state index in [1.807, 2.05) is 49.5 Å². The molecule has 1 aliphatic rings. The van der Waals surface area contributed by atoms with E-state index in [1.54, 1.807) is 6.20 Å². The molecule has 1 aromatic carbocycles. The van der Waals surface area contributed by atoms with Crippen LogP contribution in [0, 0.1) is 0 Å². The Morgan fingerprint density at radius 1 is 1.15 bits per heavy atom. The lowest BCUT2D eigenvalue weighted by molar-refractivity contribution is -0.133. The summed E-state index contributed by atoms with van der Waals surface area (Å²) in [4.78, 5) is 20.7. The van der Waals surface area contributed by atoms with Crippen LogP contribution < -0.4 is 4.90 Å². The number of amides is 1. The van der Waals surface area contributed by atoms with Crippen LogP contribution in [0.1, 0.15) is 24.0 Å². The third-order valence-electron chi connectivity index (χ3n) is 4.81. The molecule has 0 spiro atoms. The van der Waals surface area contributed by atoms with Gasteiger partial charge in [-0.2, -0.15) is 0 Å². The Labute approximate surface area is 155 Å². The van der Waals surface area contributed by atoms with Crippen molar-refractivity contribution in [1.29, 1.82) is 0 Å². The molecule has 1 saturated heterocycles. The number of nitrogens with zero attached hydrogens (tertiary/aromatic N) is 3. The van der Waals surface area contributed by atoms with Gasteiger partial charge in [-0.05, 0) is 42.2 Å². The lowest BCUT2D eigenvalue weighted by Crippen LogP contribution is -2.41. The van der Waals surface area contributed by atoms with Gasteiger partial charge < -0.3 is 14.5 Å². The molecule has 138 valence electrons. The maximum atomic E-state index is 12.5. The summed E-state index contributed by atoms with van der Waals surface area (Å²) in [5.41, 5.74) is 3.30. The normalized spacial score (nSPS) is 15.1. The topological polar surface area (TPSA) is 45.7 Å². The first-order chi connectivity index (χ1) is 12.6. The van der Waals surface area contributed by atoms with Gasteiger partial charge in [0.1, 0.15) is 0 Å². The number of ether oxygens (including phenoxy) is 1. The largest absolute Gasteiger partial charge is 0.378 e. The van der Waals surface area contributed by atoms with Crippen molar-refractivity contribution >= 4 is 11.6 Å². The van der Waals surface area contributed by atoms with Gasteiger partial charge in [-0.1, -0.05) is 18.2 Å². The van der Waals surface area contributed by atoms with Gasteiger partial charge in [0.15, 0.2) is 0 Å². The highest BCUT2D eigenvalue weighted by atomic mass is 16.5. The fourth-order valence-electron chi connectivity index (χ4n) is 3.17. The molecule has 0 saturated carbocycles. The van der Waals surface area contributed by atoms with Crippen molar-refractivity contribution in [3.8, 4) is 0 Å². The maximum Gasteiger partial charge on any atom is 0.226 e. The van der Waals surface area contributed by atoms with E-state index in [2.05, 4.69) is 22.0 Å². The second-order valence-corrected chi connectivity index (χ2v) is 6.99. The lowest BCUT2D eigenvalue weighted by Gasteiger charge is -2.32. The summed E-state index contributed by atoms with van der Waals surface area (Å²) in [6.45, 7) is 2.13. The summed E-state index contributed by atoms with van der Waals surface area (Å²) in [7, 11) is 4.03. The average molecular weight is 353 g/mol. The van der Waals surface area contributed by atoms with Crippen LogP contribution in [0.2, 0.25) is 0 Å². The first-order valence-electron chi connectivity index (χ1n) is 9.16. The van der Waals surface area contributed by atoms with E-state index in [0.717, 1.165) is 42.7 Å². The maximum absolute atomic E-state index is 12.5. The SMILES string of the molecule is CN(C)c1ccc(CC(=O)N2CCC(OCc3cccnc3)CC2)cc1. The molecule has 0 N–H and O–H groups in total. The minimum Gasteiger partial charge on any atom is -0.378 e. The van der Waals surface area contributed by atoms with Crippen molar-refractivity contribution in [3.05, 3.63) is 59.9 Å². The molecular formula is C21H27N3O2. The molecule has 2 aromatic rings. The summed E-state index contributed by atoms with van der Waals surface area (Å²) in [6.07, 6.45) is 6.08. The van der Waals surface area contributed by atoms with Crippen LogP contribution in [0.3, 0.4) is 0 Å². The standard InChI is InChI=1S/C21H27N3O2/c1-23(2)19-7-5-17(6-8-19)14-21(25)24-12-9-20(10-13-24)26-16-18-4-3-11-22-15-18/h3-8,11,15,20H,9-10,12-14,16H2,1-2H3. The number of anilines is 1. The van der Waals surface area contributed by atoms with Gasteiger partial charge in [-0.15, -0.1) is 0 Å². The fraction of sp³-hybridized carbons (Fsp3) is 0.429. The molecule has 0 aliphatic carbocycles. The van der Waals surface area contributed by atoms with Crippen LogP contribution in [-0.4, -0.2) is 49.1 Å². The molecule has 1 aliphatic heterocycles. The third kappa shape index (κ3) is 5.05. The van der Waals surface area contributed by atoms with E-state index in [9.17, 15) is 4.79 Å². The van der Waals surface area contributed by atoms with Crippen molar-refractivity contribution in [2.45, 2.75) is 32.0 Å². The summed E-state index contributed by atoms with van der Waals surface area (Å²) < 4.78 is 5.97. The van der Waals surface area contributed by atoms with E-state index in [1.165, 1.54) is 0 Å². The van der Waals surface area contributed by atoms with E-state index in [0.29, 0.717) is 13.0 Å². The number of hydrogen-bond donors (Lipinski definition) is 0. The van der Waals surface area contributed by atoms with Gasteiger partial charge in [0, 0.05) is 45.3 Å². The number of piperidine rings is 1. The van der Waals surface area contributed by atoms with E-state index < -0.39 is 0 Å².